The van der Waals surface area contributed by atoms with E-state index in [1.54, 1.807) is 7.11 Å². The van der Waals surface area contributed by atoms with Gasteiger partial charge in [0.05, 0.1) is 25.7 Å². The predicted octanol–water partition coefficient (Wildman–Crippen LogP) is 3.98. The van der Waals surface area contributed by atoms with Crippen LogP contribution in [0.5, 0.6) is 0 Å². The standard InChI is InChI=1S/C11H22O3S.C10H20O4S/c1-3-4-10-5-7-11(8-6-10)9-14-15(2,12)13;1-13-7-9-3-5-10(6-4-9)8-14-15(2,11)12/h10-11H,3-9H2,1-2H3;9-10H,3-8H2,1-2H3. The molecule has 2 saturated carbocycles. The van der Waals surface area contributed by atoms with Gasteiger partial charge in [-0.1, -0.05) is 32.6 Å². The molecule has 0 unspecified atom stereocenters. The molecule has 0 aromatic heterocycles. The minimum absolute atomic E-state index is 0.346. The van der Waals surface area contributed by atoms with E-state index in [0.717, 1.165) is 63.6 Å². The highest BCUT2D eigenvalue weighted by Crippen LogP contribution is 2.32. The molecule has 2 aliphatic carbocycles. The van der Waals surface area contributed by atoms with Crippen molar-refractivity contribution in [2.24, 2.45) is 23.7 Å². The maximum absolute atomic E-state index is 10.8. The highest BCUT2D eigenvalue weighted by atomic mass is 32.2. The number of rotatable bonds is 10. The second kappa shape index (κ2) is 14.0. The second-order valence-electron chi connectivity index (χ2n) is 8.99. The van der Waals surface area contributed by atoms with Gasteiger partial charge in [0.25, 0.3) is 20.2 Å². The van der Waals surface area contributed by atoms with Crippen molar-refractivity contribution in [3.05, 3.63) is 0 Å². The molecule has 2 fully saturated rings. The van der Waals surface area contributed by atoms with E-state index in [2.05, 4.69) is 6.92 Å². The minimum Gasteiger partial charge on any atom is -0.384 e. The van der Waals surface area contributed by atoms with Gasteiger partial charge in [-0.2, -0.15) is 16.8 Å². The van der Waals surface area contributed by atoms with Gasteiger partial charge < -0.3 is 4.74 Å². The largest absolute Gasteiger partial charge is 0.384 e. The van der Waals surface area contributed by atoms with Gasteiger partial charge in [0.15, 0.2) is 0 Å². The monoisotopic (exact) mass is 470 g/mol. The lowest BCUT2D eigenvalue weighted by Gasteiger charge is -2.27. The first kappa shape index (κ1) is 27.8. The Bertz CT molecular complexity index is 587. The molecule has 0 N–H and O–H groups in total. The van der Waals surface area contributed by atoms with Crippen LogP contribution >= 0.6 is 0 Å². The third-order valence-electron chi connectivity index (χ3n) is 6.07. The highest BCUT2D eigenvalue weighted by Gasteiger charge is 2.23. The quantitative estimate of drug-likeness (QED) is 0.445. The summed E-state index contributed by atoms with van der Waals surface area (Å²) in [6.07, 6.45) is 13.9. The van der Waals surface area contributed by atoms with Gasteiger partial charge in [-0.05, 0) is 62.2 Å². The first-order valence-electron chi connectivity index (χ1n) is 11.2. The molecule has 7 nitrogen and oxygen atoms in total. The van der Waals surface area contributed by atoms with E-state index in [1.165, 1.54) is 25.7 Å². The average Bonchev–Trinajstić information content (AvgIpc) is 2.67. The molecule has 0 saturated heterocycles. The lowest BCUT2D eigenvalue weighted by Crippen LogP contribution is -2.22. The van der Waals surface area contributed by atoms with Crippen LogP contribution in [0, 0.1) is 23.7 Å². The molecule has 0 atom stereocenters. The van der Waals surface area contributed by atoms with E-state index >= 15 is 0 Å². The number of hydrogen-bond donors (Lipinski definition) is 0. The Kier molecular flexibility index (Phi) is 13.0. The highest BCUT2D eigenvalue weighted by molar-refractivity contribution is 7.86. The predicted molar refractivity (Wildman–Crippen MR) is 119 cm³/mol. The van der Waals surface area contributed by atoms with Crippen molar-refractivity contribution in [1.29, 1.82) is 0 Å². The zero-order valence-corrected chi connectivity index (χ0v) is 20.8. The maximum atomic E-state index is 10.8. The molecule has 0 spiro atoms. The molecule has 0 heterocycles. The Hall–Kier alpha value is -0.220. The van der Waals surface area contributed by atoms with Crippen LogP contribution < -0.4 is 0 Å². The second-order valence-corrected chi connectivity index (χ2v) is 12.3. The third kappa shape index (κ3) is 14.0. The van der Waals surface area contributed by atoms with Crippen molar-refractivity contribution in [2.75, 3.05) is 39.4 Å². The summed E-state index contributed by atoms with van der Waals surface area (Å²) in [4.78, 5) is 0. The maximum Gasteiger partial charge on any atom is 0.264 e. The van der Waals surface area contributed by atoms with Gasteiger partial charge in [0.2, 0.25) is 0 Å². The number of methoxy groups -OCH3 is 1. The molecule has 2 aliphatic rings. The van der Waals surface area contributed by atoms with E-state index < -0.39 is 20.2 Å². The number of hydrogen-bond acceptors (Lipinski definition) is 7. The van der Waals surface area contributed by atoms with Gasteiger partial charge in [0, 0.05) is 13.7 Å². The Labute approximate surface area is 184 Å². The Morgan fingerprint density at radius 1 is 0.633 bits per heavy atom. The van der Waals surface area contributed by atoms with Crippen LogP contribution in [-0.2, 0) is 33.3 Å². The summed E-state index contributed by atoms with van der Waals surface area (Å²) >= 11 is 0. The molecule has 180 valence electrons. The lowest BCUT2D eigenvalue weighted by atomic mass is 9.80. The first-order chi connectivity index (χ1) is 14.0. The zero-order chi connectivity index (χ0) is 22.6. The van der Waals surface area contributed by atoms with Crippen molar-refractivity contribution >= 4 is 20.2 Å². The summed E-state index contributed by atoms with van der Waals surface area (Å²) in [6, 6.07) is 0. The molecule has 0 aromatic carbocycles. The fraction of sp³-hybridized carbons (Fsp3) is 1.00. The Morgan fingerprint density at radius 2 is 0.967 bits per heavy atom. The smallest absolute Gasteiger partial charge is 0.264 e. The van der Waals surface area contributed by atoms with Crippen molar-refractivity contribution in [3.63, 3.8) is 0 Å². The summed E-state index contributed by atoms with van der Waals surface area (Å²) in [5.74, 6) is 2.36. The van der Waals surface area contributed by atoms with Crippen molar-refractivity contribution in [1.82, 2.24) is 0 Å². The molecule has 0 aliphatic heterocycles. The number of ether oxygens (including phenoxy) is 1. The molecule has 9 heteroatoms. The molecule has 30 heavy (non-hydrogen) atoms. The topological polar surface area (TPSA) is 96.0 Å². The molecule has 0 bridgehead atoms. The fourth-order valence-corrected chi connectivity index (χ4v) is 5.21. The van der Waals surface area contributed by atoms with Gasteiger partial charge in [-0.3, -0.25) is 8.37 Å². The van der Waals surface area contributed by atoms with E-state index in [1.807, 2.05) is 0 Å². The minimum atomic E-state index is -3.27. The normalized spacial score (nSPS) is 27.9. The summed E-state index contributed by atoms with van der Waals surface area (Å²) in [5, 5.41) is 0. The molecule has 0 radical (unpaired) electrons. The first-order valence-corrected chi connectivity index (χ1v) is 14.8. The SMILES string of the molecule is CCCC1CCC(COS(C)(=O)=O)CC1.COCC1CCC(COS(C)(=O)=O)CC1. The van der Waals surface area contributed by atoms with Crippen LogP contribution in [0.1, 0.15) is 71.1 Å². The third-order valence-corrected chi connectivity index (χ3v) is 7.20. The average molecular weight is 471 g/mol. The van der Waals surface area contributed by atoms with Crippen molar-refractivity contribution in [2.45, 2.75) is 71.1 Å². The van der Waals surface area contributed by atoms with Crippen molar-refractivity contribution in [3.8, 4) is 0 Å². The van der Waals surface area contributed by atoms with Crippen LogP contribution in [0.25, 0.3) is 0 Å². The lowest BCUT2D eigenvalue weighted by molar-refractivity contribution is 0.107. The van der Waals surface area contributed by atoms with E-state index in [0.29, 0.717) is 31.0 Å². The van der Waals surface area contributed by atoms with E-state index in [9.17, 15) is 16.8 Å². The van der Waals surface area contributed by atoms with Gasteiger partial charge in [0.1, 0.15) is 0 Å². The van der Waals surface area contributed by atoms with Gasteiger partial charge >= 0.3 is 0 Å². The van der Waals surface area contributed by atoms with Crippen molar-refractivity contribution < 1.29 is 29.9 Å². The van der Waals surface area contributed by atoms with Crippen LogP contribution in [0.3, 0.4) is 0 Å². The summed E-state index contributed by atoms with van der Waals surface area (Å²) < 4.78 is 58.0. The molecule has 0 aromatic rings. The molecule has 2 rings (SSSR count). The van der Waals surface area contributed by atoms with E-state index in [4.69, 9.17) is 13.1 Å². The van der Waals surface area contributed by atoms with Crippen LogP contribution in [0.2, 0.25) is 0 Å². The molecular formula is C21H42O7S2. The fourth-order valence-electron chi connectivity index (χ4n) is 4.34. The zero-order valence-electron chi connectivity index (χ0n) is 19.2. The van der Waals surface area contributed by atoms with Crippen LogP contribution in [0.15, 0.2) is 0 Å². The van der Waals surface area contributed by atoms with Gasteiger partial charge in [-0.15, -0.1) is 0 Å². The molecule has 0 amide bonds. The van der Waals surface area contributed by atoms with E-state index in [-0.39, 0.29) is 0 Å². The van der Waals surface area contributed by atoms with Crippen LogP contribution in [0.4, 0.5) is 0 Å². The summed E-state index contributed by atoms with van der Waals surface area (Å²) in [7, 11) is -4.80. The van der Waals surface area contributed by atoms with Gasteiger partial charge in [-0.25, -0.2) is 0 Å². The molecular weight excluding hydrogens is 428 g/mol. The summed E-state index contributed by atoms with van der Waals surface area (Å²) in [5.41, 5.74) is 0. The summed E-state index contributed by atoms with van der Waals surface area (Å²) in [6.45, 7) is 3.77. The Balaban J connectivity index is 0.000000300. The Morgan fingerprint density at radius 3 is 1.27 bits per heavy atom. The van der Waals surface area contributed by atoms with Crippen LogP contribution in [-0.4, -0.2) is 56.3 Å².